The van der Waals surface area contributed by atoms with Crippen molar-refractivity contribution in [1.29, 1.82) is 5.26 Å². The molecule has 0 aliphatic carbocycles. The lowest BCUT2D eigenvalue weighted by Crippen LogP contribution is -2.10. The van der Waals surface area contributed by atoms with Gasteiger partial charge in [0.15, 0.2) is 5.69 Å². The maximum Gasteiger partial charge on any atom is 0.358 e. The Bertz CT molecular complexity index is 394. The maximum absolute atomic E-state index is 11.3. The van der Waals surface area contributed by atoms with Crippen molar-refractivity contribution in [3.8, 4) is 6.07 Å². The normalized spacial score (nSPS) is 9.21. The number of nitrogens with zero attached hydrogens (tertiary/aromatic N) is 2. The molecule has 0 saturated carbocycles. The molecule has 0 aromatic carbocycles. The van der Waals surface area contributed by atoms with Crippen LogP contribution in [0.1, 0.15) is 28.7 Å². The molecule has 0 N–H and O–H groups in total. The number of nitriles is 1. The summed E-state index contributed by atoms with van der Waals surface area (Å²) in [7, 11) is 0. The number of carbonyl (C=O) groups is 1. The second kappa shape index (κ2) is 4.38. The molecule has 1 aromatic heterocycles. The molecule has 0 bridgehead atoms. The summed E-state index contributed by atoms with van der Waals surface area (Å²) < 4.78 is 4.77. The van der Waals surface area contributed by atoms with Crippen molar-refractivity contribution in [3.63, 3.8) is 0 Å². The Morgan fingerprint density at radius 2 is 2.36 bits per heavy atom. The van der Waals surface area contributed by atoms with Crippen molar-refractivity contribution < 1.29 is 9.53 Å². The monoisotopic (exact) mass is 190 g/mol. The summed E-state index contributed by atoms with van der Waals surface area (Å²) in [6.07, 6.45) is 0. The smallest absolute Gasteiger partial charge is 0.358 e. The minimum absolute atomic E-state index is 0.0920. The Hall–Kier alpha value is -1.89. The minimum atomic E-state index is -0.548. The zero-order valence-electron chi connectivity index (χ0n) is 8.07. The number of ether oxygens (including phenoxy) is 1. The van der Waals surface area contributed by atoms with Crippen LogP contribution in [0.2, 0.25) is 0 Å². The van der Waals surface area contributed by atoms with Gasteiger partial charge in [0.2, 0.25) is 0 Å². The van der Waals surface area contributed by atoms with Gasteiger partial charge in [-0.1, -0.05) is 0 Å². The largest absolute Gasteiger partial charge is 0.461 e. The molecule has 72 valence electrons. The third kappa shape index (κ3) is 2.07. The molecular weight excluding hydrogens is 180 g/mol. The maximum atomic E-state index is 11.3. The lowest BCUT2D eigenvalue weighted by molar-refractivity contribution is 0.0519. The number of esters is 1. The van der Waals surface area contributed by atoms with Crippen LogP contribution in [0.25, 0.3) is 0 Å². The molecule has 0 aliphatic heterocycles. The molecule has 0 spiro atoms. The van der Waals surface area contributed by atoms with Crippen molar-refractivity contribution >= 4 is 5.97 Å². The highest BCUT2D eigenvalue weighted by molar-refractivity contribution is 5.90. The Kier molecular flexibility index (Phi) is 3.19. The summed E-state index contributed by atoms with van der Waals surface area (Å²) in [5.74, 6) is -0.548. The van der Waals surface area contributed by atoms with Gasteiger partial charge in [-0.3, -0.25) is 0 Å². The van der Waals surface area contributed by atoms with Crippen LogP contribution in [-0.2, 0) is 4.74 Å². The number of aromatic nitrogens is 1. The number of carbonyl (C=O) groups excluding carboxylic acids is 1. The third-order valence-corrected chi connectivity index (χ3v) is 1.62. The van der Waals surface area contributed by atoms with E-state index in [1.807, 2.05) is 6.07 Å². The first-order valence-electron chi connectivity index (χ1n) is 4.24. The second-order valence-electron chi connectivity index (χ2n) is 2.68. The van der Waals surface area contributed by atoms with Gasteiger partial charge in [0.1, 0.15) is 6.07 Å². The molecular formula is C10H10N2O2. The molecule has 4 nitrogen and oxygen atoms in total. The molecule has 0 atom stereocenters. The molecule has 0 fully saturated rings. The molecule has 0 amide bonds. The van der Waals surface area contributed by atoms with Crippen molar-refractivity contribution in [2.24, 2.45) is 0 Å². The summed E-state index contributed by atoms with van der Waals surface area (Å²) in [5.41, 5.74) is 1.02. The predicted molar refractivity (Wildman–Crippen MR) is 49.6 cm³/mol. The van der Waals surface area contributed by atoms with E-state index < -0.39 is 5.97 Å². The van der Waals surface area contributed by atoms with Crippen LogP contribution < -0.4 is 0 Å². The van der Waals surface area contributed by atoms with Crippen LogP contribution in [0.3, 0.4) is 0 Å². The first-order valence-corrected chi connectivity index (χ1v) is 4.24. The van der Waals surface area contributed by atoms with Gasteiger partial charge in [-0.25, -0.2) is 9.78 Å². The van der Waals surface area contributed by atoms with Gasteiger partial charge in [0.25, 0.3) is 0 Å². The van der Waals surface area contributed by atoms with Gasteiger partial charge in [-0.05, 0) is 26.0 Å². The number of rotatable bonds is 2. The van der Waals surface area contributed by atoms with Gasteiger partial charge in [-0.15, -0.1) is 0 Å². The van der Waals surface area contributed by atoms with Gasteiger partial charge < -0.3 is 4.74 Å². The van der Waals surface area contributed by atoms with Crippen molar-refractivity contribution in [2.75, 3.05) is 6.61 Å². The van der Waals surface area contributed by atoms with Crippen molar-refractivity contribution in [2.45, 2.75) is 13.8 Å². The topological polar surface area (TPSA) is 63.0 Å². The lowest BCUT2D eigenvalue weighted by atomic mass is 10.2. The quantitative estimate of drug-likeness (QED) is 0.662. The molecule has 1 heterocycles. The lowest BCUT2D eigenvalue weighted by Gasteiger charge is -2.03. The molecule has 1 rings (SSSR count). The van der Waals surface area contributed by atoms with Gasteiger partial charge in [-0.2, -0.15) is 5.26 Å². The van der Waals surface area contributed by atoms with Crippen LogP contribution in [0.15, 0.2) is 12.1 Å². The van der Waals surface area contributed by atoms with Crippen LogP contribution in [0.4, 0.5) is 0 Å². The fourth-order valence-electron chi connectivity index (χ4n) is 1.00. The zero-order valence-corrected chi connectivity index (χ0v) is 8.07. The van der Waals surface area contributed by atoms with Crippen LogP contribution in [0, 0.1) is 18.3 Å². The van der Waals surface area contributed by atoms with E-state index in [1.165, 1.54) is 0 Å². The van der Waals surface area contributed by atoms with E-state index in [4.69, 9.17) is 10.00 Å². The number of pyridine rings is 1. The van der Waals surface area contributed by atoms with E-state index >= 15 is 0 Å². The van der Waals surface area contributed by atoms with E-state index in [-0.39, 0.29) is 17.9 Å². The average molecular weight is 190 g/mol. The number of hydrogen-bond acceptors (Lipinski definition) is 4. The van der Waals surface area contributed by atoms with Crippen LogP contribution in [0.5, 0.6) is 0 Å². The first kappa shape index (κ1) is 10.2. The number of aryl methyl sites for hydroxylation is 1. The Labute approximate surface area is 82.1 Å². The summed E-state index contributed by atoms with van der Waals surface area (Å²) >= 11 is 0. The predicted octanol–water partition coefficient (Wildman–Crippen LogP) is 1.44. The first-order chi connectivity index (χ1) is 6.69. The Morgan fingerprint density at radius 1 is 1.64 bits per heavy atom. The molecule has 0 radical (unpaired) electrons. The minimum Gasteiger partial charge on any atom is -0.461 e. The fourth-order valence-corrected chi connectivity index (χ4v) is 1.00. The molecule has 4 heteroatoms. The van der Waals surface area contributed by atoms with Crippen molar-refractivity contribution in [1.82, 2.24) is 4.98 Å². The SMILES string of the molecule is CCOC(=O)c1nc(C)ccc1C#N. The highest BCUT2D eigenvalue weighted by Crippen LogP contribution is 2.07. The average Bonchev–Trinajstić information content (AvgIpc) is 2.18. The molecule has 0 saturated heterocycles. The highest BCUT2D eigenvalue weighted by Gasteiger charge is 2.13. The second-order valence-corrected chi connectivity index (χ2v) is 2.68. The zero-order chi connectivity index (χ0) is 10.6. The van der Waals surface area contributed by atoms with Crippen LogP contribution in [-0.4, -0.2) is 17.6 Å². The van der Waals surface area contributed by atoms with E-state index in [2.05, 4.69) is 4.98 Å². The van der Waals surface area contributed by atoms with Gasteiger partial charge >= 0.3 is 5.97 Å². The summed E-state index contributed by atoms with van der Waals surface area (Å²) in [5, 5.41) is 8.73. The van der Waals surface area contributed by atoms with E-state index in [9.17, 15) is 4.79 Å². The van der Waals surface area contributed by atoms with Gasteiger partial charge in [0.05, 0.1) is 12.2 Å². The fraction of sp³-hybridized carbons (Fsp3) is 0.300. The third-order valence-electron chi connectivity index (χ3n) is 1.62. The highest BCUT2D eigenvalue weighted by atomic mass is 16.5. The summed E-state index contributed by atoms with van der Waals surface area (Å²) in [4.78, 5) is 15.3. The Morgan fingerprint density at radius 3 is 2.93 bits per heavy atom. The summed E-state index contributed by atoms with van der Waals surface area (Å²) in [6, 6.07) is 5.14. The standard InChI is InChI=1S/C10H10N2O2/c1-3-14-10(13)9-8(6-11)5-4-7(2)12-9/h4-5H,3H2,1-2H3. The molecule has 0 aliphatic rings. The van der Waals surface area contributed by atoms with Crippen molar-refractivity contribution in [3.05, 3.63) is 29.1 Å². The van der Waals surface area contributed by atoms with E-state index in [1.54, 1.807) is 26.0 Å². The molecule has 14 heavy (non-hydrogen) atoms. The van der Waals surface area contributed by atoms with Crippen LogP contribution >= 0.6 is 0 Å². The molecule has 1 aromatic rings. The van der Waals surface area contributed by atoms with Gasteiger partial charge in [0, 0.05) is 5.69 Å². The van der Waals surface area contributed by atoms with E-state index in [0.717, 1.165) is 0 Å². The van der Waals surface area contributed by atoms with E-state index in [0.29, 0.717) is 5.69 Å². The molecule has 0 unspecified atom stereocenters. The number of hydrogen-bond donors (Lipinski definition) is 0. The Balaban J connectivity index is 3.12. The summed E-state index contributed by atoms with van der Waals surface area (Å²) in [6.45, 7) is 3.74.